The van der Waals surface area contributed by atoms with E-state index >= 15 is 0 Å². The number of anilines is 1. The molecule has 0 aliphatic heterocycles. The summed E-state index contributed by atoms with van der Waals surface area (Å²) in [5.41, 5.74) is 0. The molecule has 0 spiro atoms. The van der Waals surface area contributed by atoms with Crippen molar-refractivity contribution in [3.63, 3.8) is 0 Å². The highest BCUT2D eigenvalue weighted by Crippen LogP contribution is 2.26. The topological polar surface area (TPSA) is 94.8 Å². The monoisotopic (exact) mass is 456 g/mol. The van der Waals surface area contributed by atoms with Crippen LogP contribution in [0.15, 0.2) is 23.4 Å². The van der Waals surface area contributed by atoms with Gasteiger partial charge in [-0.3, -0.25) is 10.1 Å². The van der Waals surface area contributed by atoms with Gasteiger partial charge in [-0.05, 0) is 31.5 Å². The number of amides is 1. The Bertz CT molecular complexity index is 996. The Kier molecular flexibility index (Phi) is 7.40. The first kappa shape index (κ1) is 21.5. The van der Waals surface area contributed by atoms with Crippen LogP contribution >= 0.6 is 34.7 Å². The fourth-order valence-electron chi connectivity index (χ4n) is 2.32. The lowest BCUT2D eigenvalue weighted by Gasteiger charge is -2.09. The fourth-order valence-corrected chi connectivity index (χ4v) is 4.06. The number of hydrogen-bond donors (Lipinski definition) is 1. The molecule has 0 saturated carbocycles. The molecule has 0 saturated heterocycles. The molecule has 8 nitrogen and oxygen atoms in total. The molecule has 3 rings (SSSR count). The molecule has 2 heterocycles. The van der Waals surface area contributed by atoms with E-state index in [1.54, 1.807) is 0 Å². The number of aromatic nitrogens is 5. The molecule has 0 aliphatic rings. The number of aryl methyl sites for hydroxylation is 1. The Morgan fingerprint density at radius 2 is 2.14 bits per heavy atom. The Morgan fingerprint density at radius 1 is 1.31 bits per heavy atom. The van der Waals surface area contributed by atoms with Gasteiger partial charge in [0.1, 0.15) is 23.2 Å². The third kappa shape index (κ3) is 5.64. The predicted molar refractivity (Wildman–Crippen MR) is 110 cm³/mol. The van der Waals surface area contributed by atoms with E-state index in [4.69, 9.17) is 16.3 Å². The molecule has 0 atom stereocenters. The molecule has 0 fully saturated rings. The van der Waals surface area contributed by atoms with E-state index < -0.39 is 5.82 Å². The number of ether oxygens (including phenoxy) is 1. The van der Waals surface area contributed by atoms with Crippen molar-refractivity contribution >= 4 is 45.7 Å². The van der Waals surface area contributed by atoms with Crippen LogP contribution in [-0.2, 0) is 24.4 Å². The van der Waals surface area contributed by atoms with E-state index in [0.29, 0.717) is 28.4 Å². The zero-order chi connectivity index (χ0) is 20.8. The van der Waals surface area contributed by atoms with Crippen molar-refractivity contribution < 1.29 is 13.9 Å². The number of nitrogens with zero attached hydrogens (tertiary/aromatic N) is 5. The van der Waals surface area contributed by atoms with Crippen LogP contribution in [0.2, 0.25) is 5.02 Å². The smallest absolute Gasteiger partial charge is 0.236 e. The van der Waals surface area contributed by atoms with Crippen LogP contribution in [0.3, 0.4) is 0 Å². The van der Waals surface area contributed by atoms with Crippen molar-refractivity contribution in [2.45, 2.75) is 38.6 Å². The number of benzene rings is 1. The van der Waals surface area contributed by atoms with Gasteiger partial charge in [0.2, 0.25) is 11.0 Å². The van der Waals surface area contributed by atoms with E-state index in [0.717, 1.165) is 11.4 Å². The molecule has 0 unspecified atom stereocenters. The molecule has 2 aromatic heterocycles. The normalized spacial score (nSPS) is 10.9. The van der Waals surface area contributed by atoms with Crippen LogP contribution in [0.5, 0.6) is 5.75 Å². The molecular weight excluding hydrogens is 439 g/mol. The highest BCUT2D eigenvalue weighted by atomic mass is 35.5. The number of nitrogens with one attached hydrogen (secondary N) is 1. The van der Waals surface area contributed by atoms with Gasteiger partial charge in [0.15, 0.2) is 11.0 Å². The van der Waals surface area contributed by atoms with E-state index in [1.807, 2.05) is 18.4 Å². The van der Waals surface area contributed by atoms with Gasteiger partial charge in [0.05, 0.1) is 10.8 Å². The minimum Gasteiger partial charge on any atom is -0.484 e. The van der Waals surface area contributed by atoms with Crippen LogP contribution < -0.4 is 10.1 Å². The van der Waals surface area contributed by atoms with Crippen molar-refractivity contribution in [2.75, 3.05) is 11.1 Å². The second-order valence-corrected chi connectivity index (χ2v) is 8.11. The largest absolute Gasteiger partial charge is 0.484 e. The molecule has 1 amide bonds. The molecule has 0 aliphatic carbocycles. The first-order valence-corrected chi connectivity index (χ1v) is 10.9. The maximum atomic E-state index is 13.1. The first-order valence-electron chi connectivity index (χ1n) is 8.75. The zero-order valence-corrected chi connectivity index (χ0v) is 18.1. The van der Waals surface area contributed by atoms with Gasteiger partial charge < -0.3 is 9.30 Å². The second kappa shape index (κ2) is 9.99. The summed E-state index contributed by atoms with van der Waals surface area (Å²) >= 11 is 8.59. The maximum Gasteiger partial charge on any atom is 0.236 e. The van der Waals surface area contributed by atoms with Crippen LogP contribution in [-0.4, -0.2) is 36.6 Å². The Labute approximate surface area is 179 Å². The van der Waals surface area contributed by atoms with Gasteiger partial charge in [-0.15, -0.1) is 20.4 Å². The van der Waals surface area contributed by atoms with Crippen LogP contribution in [0.1, 0.15) is 24.7 Å². The molecule has 12 heteroatoms. The van der Waals surface area contributed by atoms with E-state index in [-0.39, 0.29) is 23.3 Å². The number of halogens is 2. The zero-order valence-electron chi connectivity index (χ0n) is 15.7. The third-order valence-electron chi connectivity index (χ3n) is 3.71. The quantitative estimate of drug-likeness (QED) is 0.489. The summed E-state index contributed by atoms with van der Waals surface area (Å²) in [6, 6.07) is 3.91. The summed E-state index contributed by atoms with van der Waals surface area (Å²) in [5, 5.41) is 21.0. The highest BCUT2D eigenvalue weighted by molar-refractivity contribution is 7.99. The Balaban J connectivity index is 1.57. The Morgan fingerprint density at radius 3 is 2.83 bits per heavy atom. The van der Waals surface area contributed by atoms with Gasteiger partial charge in [0.25, 0.3) is 0 Å². The van der Waals surface area contributed by atoms with Crippen LogP contribution in [0, 0.1) is 5.82 Å². The van der Waals surface area contributed by atoms with Crippen molar-refractivity contribution in [1.29, 1.82) is 0 Å². The minimum absolute atomic E-state index is 0.115. The lowest BCUT2D eigenvalue weighted by Crippen LogP contribution is -2.14. The lowest BCUT2D eigenvalue weighted by atomic mass is 10.3. The summed E-state index contributed by atoms with van der Waals surface area (Å²) in [5.74, 6) is 0.457. The van der Waals surface area contributed by atoms with Gasteiger partial charge in [-0.25, -0.2) is 4.39 Å². The molecule has 1 aromatic carbocycles. The average molecular weight is 457 g/mol. The van der Waals surface area contributed by atoms with Crippen molar-refractivity contribution in [1.82, 2.24) is 25.0 Å². The minimum atomic E-state index is -0.435. The summed E-state index contributed by atoms with van der Waals surface area (Å²) in [6.45, 7) is 4.63. The summed E-state index contributed by atoms with van der Waals surface area (Å²) in [7, 11) is 0. The third-order valence-corrected chi connectivity index (χ3v) is 5.95. The SMILES string of the molecule is CCc1nnc(NC(=O)CSc2nnc(COc3ccc(F)cc3Cl)n2CC)s1. The number of hydrogen-bond acceptors (Lipinski definition) is 8. The van der Waals surface area contributed by atoms with Gasteiger partial charge in [-0.1, -0.05) is 41.6 Å². The van der Waals surface area contributed by atoms with Gasteiger partial charge in [0, 0.05) is 6.54 Å². The van der Waals surface area contributed by atoms with Gasteiger partial charge >= 0.3 is 0 Å². The van der Waals surface area contributed by atoms with Crippen LogP contribution in [0.4, 0.5) is 9.52 Å². The molecule has 0 radical (unpaired) electrons. The molecule has 29 heavy (non-hydrogen) atoms. The lowest BCUT2D eigenvalue weighted by molar-refractivity contribution is -0.113. The van der Waals surface area contributed by atoms with Crippen molar-refractivity contribution in [3.05, 3.63) is 39.9 Å². The summed E-state index contributed by atoms with van der Waals surface area (Å²) in [6.07, 6.45) is 0.774. The van der Waals surface area contributed by atoms with Crippen molar-refractivity contribution in [2.24, 2.45) is 0 Å². The molecule has 154 valence electrons. The van der Waals surface area contributed by atoms with E-state index in [1.165, 1.54) is 41.3 Å². The average Bonchev–Trinajstić information content (AvgIpc) is 3.31. The predicted octanol–water partition coefficient (Wildman–Crippen LogP) is 3.81. The number of rotatable bonds is 9. The number of thioether (sulfide) groups is 1. The first-order chi connectivity index (χ1) is 14.0. The summed E-state index contributed by atoms with van der Waals surface area (Å²) in [4.78, 5) is 12.1. The van der Waals surface area contributed by atoms with Crippen LogP contribution in [0.25, 0.3) is 0 Å². The van der Waals surface area contributed by atoms with E-state index in [9.17, 15) is 9.18 Å². The molecule has 0 bridgehead atoms. The number of carbonyl (C=O) groups is 1. The van der Waals surface area contributed by atoms with E-state index in [2.05, 4.69) is 25.7 Å². The van der Waals surface area contributed by atoms with Crippen molar-refractivity contribution in [3.8, 4) is 5.75 Å². The Hall–Kier alpha value is -2.24. The highest BCUT2D eigenvalue weighted by Gasteiger charge is 2.15. The standard InChI is InChI=1S/C17H18ClFN6O2S2/c1-3-15-22-23-16(29-15)20-14(26)9-28-17-24-21-13(25(17)4-2)8-27-12-6-5-10(19)7-11(12)18/h5-7H,3-4,8-9H2,1-2H3,(H,20,23,26). The summed E-state index contributed by atoms with van der Waals surface area (Å²) < 4.78 is 20.6. The fraction of sp³-hybridized carbons (Fsp3) is 0.353. The maximum absolute atomic E-state index is 13.1. The second-order valence-electron chi connectivity index (χ2n) is 5.70. The van der Waals surface area contributed by atoms with Gasteiger partial charge in [-0.2, -0.15) is 0 Å². The molecule has 3 aromatic rings. The molecular formula is C17H18ClFN6O2S2. The molecule has 1 N–H and O–H groups in total. The number of carbonyl (C=O) groups excluding carboxylic acids is 1.